The van der Waals surface area contributed by atoms with Gasteiger partial charge in [-0.15, -0.1) is 0 Å². The minimum Gasteiger partial charge on any atom is -0.483 e. The third kappa shape index (κ3) is 5.82. The molecule has 1 amide bonds. The highest BCUT2D eigenvalue weighted by Gasteiger charge is 2.27. The van der Waals surface area contributed by atoms with E-state index in [2.05, 4.69) is 15.4 Å². The second-order valence-electron chi connectivity index (χ2n) is 4.83. The van der Waals surface area contributed by atoms with Gasteiger partial charge in [-0.3, -0.25) is 4.79 Å². The molecule has 0 heterocycles. The Bertz CT molecular complexity index is 559. The largest absolute Gasteiger partial charge is 0.483 e. The molecular formula is C15H20F2N2O4. The number of likely N-dealkylation sites (N-methyl/N-ethyl adjacent to an activating group) is 1. The maximum absolute atomic E-state index is 13.4. The van der Waals surface area contributed by atoms with Gasteiger partial charge in [0.2, 0.25) is 0 Å². The van der Waals surface area contributed by atoms with Gasteiger partial charge in [-0.25, -0.2) is 13.6 Å². The van der Waals surface area contributed by atoms with E-state index in [1.165, 1.54) is 6.07 Å². The van der Waals surface area contributed by atoms with Crippen molar-refractivity contribution in [3.05, 3.63) is 29.3 Å². The number of nitrogens with one attached hydrogen (secondary N) is 2. The molecule has 0 spiro atoms. The fraction of sp³-hybridized carbons (Fsp3) is 0.467. The molecule has 0 saturated heterocycles. The van der Waals surface area contributed by atoms with E-state index in [-0.39, 0.29) is 29.4 Å². The van der Waals surface area contributed by atoms with Crippen molar-refractivity contribution in [1.29, 1.82) is 0 Å². The summed E-state index contributed by atoms with van der Waals surface area (Å²) < 4.78 is 36.5. The number of alkyl halides is 2. The van der Waals surface area contributed by atoms with Gasteiger partial charge in [0.15, 0.2) is 6.61 Å². The first kappa shape index (κ1) is 18.8. The summed E-state index contributed by atoms with van der Waals surface area (Å²) in [6, 6.07) is 3.36. The highest BCUT2D eigenvalue weighted by atomic mass is 19.3. The van der Waals surface area contributed by atoms with Crippen molar-refractivity contribution in [2.45, 2.75) is 12.8 Å². The van der Waals surface area contributed by atoms with E-state index in [0.29, 0.717) is 13.1 Å². The van der Waals surface area contributed by atoms with Crippen molar-refractivity contribution in [3.8, 4) is 5.75 Å². The number of rotatable bonds is 8. The molecule has 1 aromatic rings. The molecule has 128 valence electrons. The number of amides is 1. The van der Waals surface area contributed by atoms with Crippen molar-refractivity contribution in [3.63, 3.8) is 0 Å². The molecule has 0 atom stereocenters. The predicted octanol–water partition coefficient (Wildman–Crippen LogP) is 1.30. The van der Waals surface area contributed by atoms with E-state index in [0.717, 1.165) is 26.2 Å². The second kappa shape index (κ2) is 8.42. The van der Waals surface area contributed by atoms with Gasteiger partial charge < -0.3 is 20.1 Å². The van der Waals surface area contributed by atoms with Crippen LogP contribution in [0.2, 0.25) is 0 Å². The van der Waals surface area contributed by atoms with Gasteiger partial charge in [0.05, 0.1) is 7.11 Å². The first-order valence-corrected chi connectivity index (χ1v) is 6.94. The van der Waals surface area contributed by atoms with Crippen LogP contribution in [0.3, 0.4) is 0 Å². The number of carbonyl (C=O) groups excluding carboxylic acids is 2. The molecule has 0 aliphatic heterocycles. The van der Waals surface area contributed by atoms with Crippen LogP contribution >= 0.6 is 0 Å². The summed E-state index contributed by atoms with van der Waals surface area (Å²) >= 11 is 0. The summed E-state index contributed by atoms with van der Waals surface area (Å²) in [5.74, 6) is -4.30. The fourth-order valence-corrected chi connectivity index (χ4v) is 1.72. The van der Waals surface area contributed by atoms with Crippen molar-refractivity contribution in [2.75, 3.05) is 33.9 Å². The summed E-state index contributed by atoms with van der Waals surface area (Å²) in [5, 5.41) is 5.45. The monoisotopic (exact) mass is 330 g/mol. The SMILES string of the molecule is CNCCNC(=O)COc1ccc(C(C)(F)F)cc1C(=O)OC. The zero-order chi connectivity index (χ0) is 17.5. The van der Waals surface area contributed by atoms with E-state index in [1.54, 1.807) is 7.05 Å². The van der Waals surface area contributed by atoms with Crippen molar-refractivity contribution < 1.29 is 27.8 Å². The Morgan fingerprint density at radius 3 is 2.52 bits per heavy atom. The topological polar surface area (TPSA) is 76.7 Å². The molecule has 0 saturated carbocycles. The van der Waals surface area contributed by atoms with E-state index >= 15 is 0 Å². The summed E-state index contributed by atoms with van der Waals surface area (Å²) in [6.07, 6.45) is 0. The Hall–Kier alpha value is -2.22. The first-order valence-electron chi connectivity index (χ1n) is 6.94. The van der Waals surface area contributed by atoms with Crippen LogP contribution in [-0.2, 0) is 15.5 Å². The maximum Gasteiger partial charge on any atom is 0.341 e. The quantitative estimate of drug-likeness (QED) is 0.555. The number of methoxy groups -OCH3 is 1. The van der Waals surface area contributed by atoms with Gasteiger partial charge in [0, 0.05) is 25.6 Å². The third-order valence-electron chi connectivity index (χ3n) is 2.95. The van der Waals surface area contributed by atoms with E-state index < -0.39 is 11.9 Å². The lowest BCUT2D eigenvalue weighted by atomic mass is 10.1. The molecule has 0 fully saturated rings. The molecule has 6 nitrogen and oxygen atoms in total. The molecule has 0 radical (unpaired) electrons. The zero-order valence-electron chi connectivity index (χ0n) is 13.2. The molecule has 1 rings (SSSR count). The van der Waals surface area contributed by atoms with Gasteiger partial charge in [-0.05, 0) is 25.2 Å². The lowest BCUT2D eigenvalue weighted by molar-refractivity contribution is -0.123. The first-order chi connectivity index (χ1) is 10.8. The highest BCUT2D eigenvalue weighted by Crippen LogP contribution is 2.31. The minimum atomic E-state index is -3.11. The Morgan fingerprint density at radius 1 is 1.26 bits per heavy atom. The number of ether oxygens (including phenoxy) is 2. The van der Waals surface area contributed by atoms with Crippen LogP contribution in [0.4, 0.5) is 8.78 Å². The average molecular weight is 330 g/mol. The lowest BCUT2D eigenvalue weighted by Crippen LogP contribution is -2.34. The third-order valence-corrected chi connectivity index (χ3v) is 2.95. The molecular weight excluding hydrogens is 310 g/mol. The van der Waals surface area contributed by atoms with Gasteiger partial charge in [-0.1, -0.05) is 0 Å². The molecule has 23 heavy (non-hydrogen) atoms. The van der Waals surface area contributed by atoms with Gasteiger partial charge in [0.1, 0.15) is 11.3 Å². The van der Waals surface area contributed by atoms with Gasteiger partial charge in [0.25, 0.3) is 11.8 Å². The van der Waals surface area contributed by atoms with E-state index in [4.69, 9.17) is 4.74 Å². The van der Waals surface area contributed by atoms with Crippen LogP contribution in [0.25, 0.3) is 0 Å². The molecule has 0 unspecified atom stereocenters. The van der Waals surface area contributed by atoms with Crippen LogP contribution in [0.5, 0.6) is 5.75 Å². The number of esters is 1. The van der Waals surface area contributed by atoms with Crippen molar-refractivity contribution in [1.82, 2.24) is 10.6 Å². The van der Waals surface area contributed by atoms with Crippen LogP contribution < -0.4 is 15.4 Å². The number of benzene rings is 1. The van der Waals surface area contributed by atoms with Gasteiger partial charge >= 0.3 is 5.97 Å². The molecule has 2 N–H and O–H groups in total. The van der Waals surface area contributed by atoms with Crippen molar-refractivity contribution >= 4 is 11.9 Å². The lowest BCUT2D eigenvalue weighted by Gasteiger charge is -2.15. The number of halogens is 2. The number of hydrogen-bond donors (Lipinski definition) is 2. The Labute approximate surface area is 133 Å². The normalized spacial score (nSPS) is 11.0. The minimum absolute atomic E-state index is 0.00798. The molecule has 8 heteroatoms. The Balaban J connectivity index is 2.85. The maximum atomic E-state index is 13.4. The van der Waals surface area contributed by atoms with Crippen LogP contribution in [-0.4, -0.2) is 45.7 Å². The molecule has 0 aliphatic carbocycles. The van der Waals surface area contributed by atoms with Crippen LogP contribution in [0.15, 0.2) is 18.2 Å². The molecule has 0 bridgehead atoms. The fourth-order valence-electron chi connectivity index (χ4n) is 1.72. The number of hydrogen-bond acceptors (Lipinski definition) is 5. The summed E-state index contributed by atoms with van der Waals surface area (Å²) in [4.78, 5) is 23.3. The summed E-state index contributed by atoms with van der Waals surface area (Å²) in [5.41, 5.74) is -0.502. The summed E-state index contributed by atoms with van der Waals surface area (Å²) in [6.45, 7) is 1.40. The second-order valence-corrected chi connectivity index (χ2v) is 4.83. The number of carbonyl (C=O) groups is 2. The van der Waals surface area contributed by atoms with Crippen molar-refractivity contribution in [2.24, 2.45) is 0 Å². The summed E-state index contributed by atoms with van der Waals surface area (Å²) in [7, 11) is 2.88. The molecule has 1 aromatic carbocycles. The highest BCUT2D eigenvalue weighted by molar-refractivity contribution is 5.93. The standard InChI is InChI=1S/C15H20F2N2O4/c1-15(16,17)10-4-5-12(11(8-10)14(21)22-3)23-9-13(20)19-7-6-18-2/h4-5,8,18H,6-7,9H2,1-3H3,(H,19,20). The van der Waals surface area contributed by atoms with Crippen LogP contribution in [0, 0.1) is 0 Å². The van der Waals surface area contributed by atoms with Crippen LogP contribution in [0.1, 0.15) is 22.8 Å². The zero-order valence-corrected chi connectivity index (χ0v) is 13.2. The smallest absolute Gasteiger partial charge is 0.341 e. The predicted molar refractivity (Wildman–Crippen MR) is 79.8 cm³/mol. The average Bonchev–Trinajstić information content (AvgIpc) is 2.51. The molecule has 0 aliphatic rings. The van der Waals surface area contributed by atoms with E-state index in [9.17, 15) is 18.4 Å². The Morgan fingerprint density at radius 2 is 1.96 bits per heavy atom. The molecule has 0 aromatic heterocycles. The Kier molecular flexibility index (Phi) is 6.89. The van der Waals surface area contributed by atoms with Gasteiger partial charge in [-0.2, -0.15) is 0 Å². The van der Waals surface area contributed by atoms with E-state index in [1.807, 2.05) is 0 Å².